The fourth-order valence-electron chi connectivity index (χ4n) is 2.42. The van der Waals surface area contributed by atoms with Gasteiger partial charge in [0, 0.05) is 11.8 Å². The van der Waals surface area contributed by atoms with Crippen molar-refractivity contribution in [2.75, 3.05) is 18.9 Å². The predicted octanol–water partition coefficient (Wildman–Crippen LogP) is 2.33. The third-order valence-corrected chi connectivity index (χ3v) is 3.46. The van der Waals surface area contributed by atoms with E-state index < -0.39 is 0 Å². The van der Waals surface area contributed by atoms with E-state index in [2.05, 4.69) is 5.32 Å². The Bertz CT molecular complexity index is 682. The third-order valence-electron chi connectivity index (χ3n) is 3.46. The molecule has 0 saturated heterocycles. The number of amides is 1. The van der Waals surface area contributed by atoms with Crippen LogP contribution in [-0.2, 0) is 11.2 Å². The lowest BCUT2D eigenvalue weighted by atomic mass is 10.1. The van der Waals surface area contributed by atoms with E-state index in [-0.39, 0.29) is 25.9 Å². The summed E-state index contributed by atoms with van der Waals surface area (Å²) in [6.07, 6.45) is 0.255. The predicted molar refractivity (Wildman–Crippen MR) is 77.5 cm³/mol. The molecular weight excluding hydrogens is 286 g/mol. The van der Waals surface area contributed by atoms with Crippen LogP contribution >= 0.6 is 0 Å². The minimum Gasteiger partial charge on any atom is -0.454 e. The van der Waals surface area contributed by atoms with Crippen LogP contribution < -0.4 is 24.3 Å². The van der Waals surface area contributed by atoms with Crippen LogP contribution in [0.1, 0.15) is 5.56 Å². The van der Waals surface area contributed by atoms with Gasteiger partial charge in [0.2, 0.25) is 19.5 Å². The smallest absolute Gasteiger partial charge is 0.231 e. The highest BCUT2D eigenvalue weighted by atomic mass is 16.7. The van der Waals surface area contributed by atoms with Gasteiger partial charge in [0.25, 0.3) is 0 Å². The maximum Gasteiger partial charge on any atom is 0.231 e. The summed E-state index contributed by atoms with van der Waals surface area (Å²) in [5.74, 6) is 2.60. The zero-order chi connectivity index (χ0) is 14.9. The molecule has 0 aliphatic carbocycles. The molecule has 22 heavy (non-hydrogen) atoms. The van der Waals surface area contributed by atoms with E-state index in [0.29, 0.717) is 28.7 Å². The molecule has 4 rings (SSSR count). The van der Waals surface area contributed by atoms with Crippen LogP contribution in [0.15, 0.2) is 36.4 Å². The summed E-state index contributed by atoms with van der Waals surface area (Å²) in [5.41, 5.74) is 1.54. The number of benzene rings is 2. The summed E-state index contributed by atoms with van der Waals surface area (Å²) >= 11 is 0. The number of anilines is 1. The van der Waals surface area contributed by atoms with Gasteiger partial charge in [-0.15, -0.1) is 0 Å². The molecule has 112 valence electrons. The zero-order valence-electron chi connectivity index (χ0n) is 11.6. The maximum absolute atomic E-state index is 12.1. The van der Waals surface area contributed by atoms with Crippen LogP contribution in [0.3, 0.4) is 0 Å². The summed E-state index contributed by atoms with van der Waals surface area (Å²) in [5, 5.41) is 2.84. The molecule has 0 radical (unpaired) electrons. The summed E-state index contributed by atoms with van der Waals surface area (Å²) in [7, 11) is 0. The Morgan fingerprint density at radius 2 is 1.50 bits per heavy atom. The molecule has 0 spiro atoms. The fraction of sp³-hybridized carbons (Fsp3) is 0.188. The summed E-state index contributed by atoms with van der Waals surface area (Å²) < 4.78 is 21.1. The second kappa shape index (κ2) is 5.14. The van der Waals surface area contributed by atoms with Gasteiger partial charge in [-0.05, 0) is 29.8 Å². The minimum atomic E-state index is -0.113. The molecule has 2 aromatic carbocycles. The first kappa shape index (κ1) is 12.8. The lowest BCUT2D eigenvalue weighted by Gasteiger charge is -2.07. The van der Waals surface area contributed by atoms with Gasteiger partial charge in [0.05, 0.1) is 6.42 Å². The molecule has 0 atom stereocenters. The Morgan fingerprint density at radius 1 is 0.864 bits per heavy atom. The van der Waals surface area contributed by atoms with Gasteiger partial charge in [-0.3, -0.25) is 4.79 Å². The molecule has 0 aromatic heterocycles. The van der Waals surface area contributed by atoms with Crippen LogP contribution in [0.4, 0.5) is 5.69 Å². The van der Waals surface area contributed by atoms with Gasteiger partial charge in [0.1, 0.15) is 0 Å². The van der Waals surface area contributed by atoms with Gasteiger partial charge in [-0.25, -0.2) is 0 Å². The highest BCUT2D eigenvalue weighted by Crippen LogP contribution is 2.35. The molecule has 2 aliphatic rings. The SMILES string of the molecule is O=C(Cc1ccc2c(c1)OCO2)Nc1ccc2c(c1)OCO2. The zero-order valence-corrected chi connectivity index (χ0v) is 11.6. The molecule has 6 heteroatoms. The van der Waals surface area contributed by atoms with E-state index in [1.54, 1.807) is 18.2 Å². The lowest BCUT2D eigenvalue weighted by molar-refractivity contribution is -0.115. The first-order chi connectivity index (χ1) is 10.8. The quantitative estimate of drug-likeness (QED) is 0.942. The lowest BCUT2D eigenvalue weighted by Crippen LogP contribution is -2.14. The molecule has 2 aromatic rings. The van der Waals surface area contributed by atoms with Crippen LogP contribution in [0.2, 0.25) is 0 Å². The molecule has 0 fully saturated rings. The number of hydrogen-bond donors (Lipinski definition) is 1. The monoisotopic (exact) mass is 299 g/mol. The van der Waals surface area contributed by atoms with Gasteiger partial charge in [-0.1, -0.05) is 6.07 Å². The van der Waals surface area contributed by atoms with E-state index in [0.717, 1.165) is 5.56 Å². The first-order valence-corrected chi connectivity index (χ1v) is 6.86. The van der Waals surface area contributed by atoms with Crippen LogP contribution in [0, 0.1) is 0 Å². The second-order valence-corrected chi connectivity index (χ2v) is 4.98. The minimum absolute atomic E-state index is 0.113. The van der Waals surface area contributed by atoms with Crippen molar-refractivity contribution in [1.82, 2.24) is 0 Å². The highest BCUT2D eigenvalue weighted by Gasteiger charge is 2.16. The van der Waals surface area contributed by atoms with Crippen molar-refractivity contribution in [2.24, 2.45) is 0 Å². The Morgan fingerprint density at radius 3 is 2.27 bits per heavy atom. The Kier molecular flexibility index (Phi) is 3.00. The van der Waals surface area contributed by atoms with Crippen molar-refractivity contribution >= 4 is 11.6 Å². The fourth-order valence-corrected chi connectivity index (χ4v) is 2.42. The van der Waals surface area contributed by atoms with Crippen LogP contribution in [0.5, 0.6) is 23.0 Å². The van der Waals surface area contributed by atoms with Crippen molar-refractivity contribution in [2.45, 2.75) is 6.42 Å². The van der Waals surface area contributed by atoms with Crippen LogP contribution in [0.25, 0.3) is 0 Å². The van der Waals surface area contributed by atoms with Crippen molar-refractivity contribution in [3.05, 3.63) is 42.0 Å². The Hall–Kier alpha value is -2.89. The largest absolute Gasteiger partial charge is 0.454 e. The van der Waals surface area contributed by atoms with Gasteiger partial charge < -0.3 is 24.3 Å². The molecule has 2 heterocycles. The molecule has 1 N–H and O–H groups in total. The number of nitrogens with one attached hydrogen (secondary N) is 1. The number of fused-ring (bicyclic) bond motifs is 2. The molecule has 0 bridgehead atoms. The van der Waals surface area contributed by atoms with Gasteiger partial charge >= 0.3 is 0 Å². The standard InChI is InChI=1S/C16H13NO5/c18-16(6-10-1-3-12-14(5-10)21-8-19-12)17-11-2-4-13-15(7-11)22-9-20-13/h1-5,7H,6,8-9H2,(H,17,18). The average Bonchev–Trinajstić information content (AvgIpc) is 3.14. The molecule has 6 nitrogen and oxygen atoms in total. The molecule has 2 aliphatic heterocycles. The third kappa shape index (κ3) is 2.39. The topological polar surface area (TPSA) is 66.0 Å². The molecule has 0 saturated carbocycles. The van der Waals surface area contributed by atoms with E-state index in [1.807, 2.05) is 18.2 Å². The van der Waals surface area contributed by atoms with Crippen molar-refractivity contribution in [3.63, 3.8) is 0 Å². The molecule has 0 unspecified atom stereocenters. The highest BCUT2D eigenvalue weighted by molar-refractivity contribution is 5.92. The van der Waals surface area contributed by atoms with Crippen molar-refractivity contribution in [3.8, 4) is 23.0 Å². The van der Waals surface area contributed by atoms with Crippen molar-refractivity contribution in [1.29, 1.82) is 0 Å². The second-order valence-electron chi connectivity index (χ2n) is 4.98. The van der Waals surface area contributed by atoms with E-state index in [4.69, 9.17) is 18.9 Å². The Balaban J connectivity index is 1.44. The van der Waals surface area contributed by atoms with Gasteiger partial charge in [-0.2, -0.15) is 0 Å². The van der Waals surface area contributed by atoms with E-state index in [9.17, 15) is 4.79 Å². The average molecular weight is 299 g/mol. The van der Waals surface area contributed by atoms with E-state index in [1.165, 1.54) is 0 Å². The summed E-state index contributed by atoms with van der Waals surface area (Å²) in [6, 6.07) is 10.8. The number of carbonyl (C=O) groups is 1. The number of ether oxygens (including phenoxy) is 4. The molecular formula is C16H13NO5. The number of rotatable bonds is 3. The normalized spacial score (nSPS) is 14.0. The van der Waals surface area contributed by atoms with Gasteiger partial charge in [0.15, 0.2) is 23.0 Å². The maximum atomic E-state index is 12.1. The molecule has 1 amide bonds. The Labute approximate surface area is 126 Å². The van der Waals surface area contributed by atoms with Crippen LogP contribution in [-0.4, -0.2) is 19.5 Å². The first-order valence-electron chi connectivity index (χ1n) is 6.86. The summed E-state index contributed by atoms with van der Waals surface area (Å²) in [6.45, 7) is 0.437. The number of hydrogen-bond acceptors (Lipinski definition) is 5. The van der Waals surface area contributed by atoms with Crippen molar-refractivity contribution < 1.29 is 23.7 Å². The van der Waals surface area contributed by atoms with E-state index >= 15 is 0 Å². The summed E-state index contributed by atoms with van der Waals surface area (Å²) in [4.78, 5) is 12.1. The number of carbonyl (C=O) groups excluding carboxylic acids is 1.